The topological polar surface area (TPSA) is 128 Å². The zero-order valence-electron chi connectivity index (χ0n) is 14.2. The van der Waals surface area contributed by atoms with E-state index in [2.05, 4.69) is 15.1 Å². The average Bonchev–Trinajstić information content (AvgIpc) is 2.75. The van der Waals surface area contributed by atoms with Crippen LogP contribution in [0, 0.1) is 10.1 Å². The number of hydrogen-bond donors (Lipinski definition) is 0. The van der Waals surface area contributed by atoms with Gasteiger partial charge in [-0.1, -0.05) is 5.11 Å². The summed E-state index contributed by atoms with van der Waals surface area (Å²) in [7, 11) is -1.12. The Hall–Kier alpha value is -2.16. The molecule has 1 aliphatic heterocycles. The lowest BCUT2D eigenvalue weighted by atomic mass is 10.0. The quantitative estimate of drug-likeness (QED) is 0.275. The molecule has 21 heavy (non-hydrogen) atoms. The molecule has 2 rings (SSSR count). The molecule has 0 bridgehead atoms. The van der Waals surface area contributed by atoms with Gasteiger partial charge in [-0.05, 0) is 18.4 Å². The van der Waals surface area contributed by atoms with Gasteiger partial charge >= 0.3 is 5.69 Å². The van der Waals surface area contributed by atoms with E-state index in [9.17, 15) is 10.1 Å². The summed E-state index contributed by atoms with van der Waals surface area (Å²) < 4.78 is 33.5. The summed E-state index contributed by atoms with van der Waals surface area (Å²) in [5.41, 5.74) is 8.75. The molecule has 10 heteroatoms. The van der Waals surface area contributed by atoms with Crippen molar-refractivity contribution in [3.63, 3.8) is 0 Å². The largest absolute Gasteiger partial charge is 0.379 e. The zero-order chi connectivity index (χ0) is 17.9. The van der Waals surface area contributed by atoms with E-state index < -0.39 is 30.2 Å². The van der Waals surface area contributed by atoms with E-state index in [1.54, 1.807) is 7.05 Å². The van der Waals surface area contributed by atoms with E-state index in [-0.39, 0.29) is 24.4 Å². The fraction of sp³-hybridized carbons (Fsp3) is 0.727. The van der Waals surface area contributed by atoms with E-state index >= 15 is 0 Å². The molecule has 0 saturated carbocycles. The predicted octanol–water partition coefficient (Wildman–Crippen LogP) is 1.87. The highest BCUT2D eigenvalue weighted by Crippen LogP contribution is 2.34. The summed E-state index contributed by atoms with van der Waals surface area (Å²) >= 11 is 0. The van der Waals surface area contributed by atoms with Crippen LogP contribution in [-0.2, 0) is 16.5 Å². The summed E-state index contributed by atoms with van der Waals surface area (Å²) in [5, 5.41) is 18.6. The molecule has 0 N–H and O–H groups in total. The van der Waals surface area contributed by atoms with Crippen LogP contribution in [0.3, 0.4) is 0 Å². The Morgan fingerprint density at radius 2 is 2.57 bits per heavy atom. The second-order valence-corrected chi connectivity index (χ2v) is 4.62. The molecule has 1 fully saturated rings. The second-order valence-electron chi connectivity index (χ2n) is 4.62. The van der Waals surface area contributed by atoms with Gasteiger partial charge in [0.05, 0.1) is 27.8 Å². The molecular formula is C11H16N6O4. The van der Waals surface area contributed by atoms with Crippen molar-refractivity contribution in [2.75, 3.05) is 13.6 Å². The minimum absolute atomic E-state index is 0.172. The molecule has 10 nitrogen and oxygen atoms in total. The van der Waals surface area contributed by atoms with Gasteiger partial charge in [0.15, 0.2) is 0 Å². The van der Waals surface area contributed by atoms with Crippen LogP contribution in [0.25, 0.3) is 10.4 Å². The van der Waals surface area contributed by atoms with Crippen molar-refractivity contribution in [2.24, 2.45) is 12.2 Å². The van der Waals surface area contributed by atoms with E-state index in [0.717, 1.165) is 6.20 Å². The van der Waals surface area contributed by atoms with Crippen molar-refractivity contribution < 1.29 is 18.5 Å². The first kappa shape index (κ1) is 11.5. The number of aryl methyl sites for hydroxylation is 1. The minimum atomic E-state index is -2.67. The van der Waals surface area contributed by atoms with Gasteiger partial charge in [0.2, 0.25) is 0 Å². The van der Waals surface area contributed by atoms with E-state index in [1.165, 1.54) is 4.68 Å². The van der Waals surface area contributed by atoms with Crippen molar-refractivity contribution in [2.45, 2.75) is 31.1 Å². The third-order valence-electron chi connectivity index (χ3n) is 3.43. The Labute approximate surface area is 124 Å². The molecule has 0 amide bonds. The summed E-state index contributed by atoms with van der Waals surface area (Å²) in [6.07, 6.45) is 0.0402. The molecule has 1 aliphatic rings. The Balaban J connectivity index is 2.25. The van der Waals surface area contributed by atoms with E-state index in [0.29, 0.717) is 6.42 Å². The molecule has 0 aromatic carbocycles. The summed E-state index contributed by atoms with van der Waals surface area (Å²) in [4.78, 5) is 13.3. The normalized spacial score (nSPS) is 28.6. The maximum Gasteiger partial charge on any atom is 0.312 e. The lowest BCUT2D eigenvalue weighted by Gasteiger charge is -2.18. The lowest BCUT2D eigenvalue weighted by molar-refractivity contribution is -0.386. The maximum atomic E-state index is 11.1. The van der Waals surface area contributed by atoms with Gasteiger partial charge in [-0.2, -0.15) is 5.10 Å². The third kappa shape index (κ3) is 3.13. The first-order chi connectivity index (χ1) is 11.2. The highest BCUT2D eigenvalue weighted by atomic mass is 16.6. The first-order valence-electron chi connectivity index (χ1n) is 7.73. The number of azide groups is 1. The summed E-state index contributed by atoms with van der Waals surface area (Å²) in [5.74, 6) is 0. The van der Waals surface area contributed by atoms with Crippen molar-refractivity contribution in [3.8, 4) is 0 Å². The van der Waals surface area contributed by atoms with Crippen LogP contribution in [0.15, 0.2) is 11.3 Å². The lowest BCUT2D eigenvalue weighted by Crippen LogP contribution is -2.28. The molecule has 0 spiro atoms. The number of nitrogens with zero attached hydrogens (tertiary/aromatic N) is 6. The second kappa shape index (κ2) is 6.53. The van der Waals surface area contributed by atoms with Gasteiger partial charge in [-0.3, -0.25) is 14.8 Å². The predicted molar refractivity (Wildman–Crippen MR) is 71.5 cm³/mol. The van der Waals surface area contributed by atoms with Gasteiger partial charge < -0.3 is 9.47 Å². The van der Waals surface area contributed by atoms with E-state index in [4.69, 9.17) is 19.1 Å². The fourth-order valence-corrected chi connectivity index (χ4v) is 2.39. The van der Waals surface area contributed by atoms with Gasteiger partial charge in [0, 0.05) is 19.0 Å². The average molecular weight is 299 g/mol. The molecule has 0 aliphatic carbocycles. The number of hydrogen-bond acceptors (Lipinski definition) is 6. The zero-order valence-corrected chi connectivity index (χ0v) is 11.2. The van der Waals surface area contributed by atoms with Crippen LogP contribution in [0.1, 0.15) is 28.8 Å². The van der Waals surface area contributed by atoms with Crippen molar-refractivity contribution in [3.05, 3.63) is 32.4 Å². The first-order valence-corrected chi connectivity index (χ1v) is 6.23. The minimum Gasteiger partial charge on any atom is -0.379 e. The van der Waals surface area contributed by atoms with Gasteiger partial charge in [0.25, 0.3) is 0 Å². The van der Waals surface area contributed by atoms with Gasteiger partial charge in [0.1, 0.15) is 18.0 Å². The monoisotopic (exact) mass is 299 g/mol. The number of methoxy groups -OCH3 is 1. The number of nitro groups is 1. The fourth-order valence-electron chi connectivity index (χ4n) is 2.39. The molecule has 1 saturated heterocycles. The molecule has 1 aromatic heterocycles. The molecule has 3 atom stereocenters. The Bertz CT molecular complexity index is 657. The Morgan fingerprint density at radius 1 is 1.76 bits per heavy atom. The molecule has 3 unspecified atom stereocenters. The maximum absolute atomic E-state index is 11.1. The SMILES string of the molecule is [2H]C([2H])([2H])OC1COC(c2c([N+](=O)[O-])cnn2C)CCC1N=[N+]=[N-]. The Kier molecular flexibility index (Phi) is 3.57. The highest BCUT2D eigenvalue weighted by molar-refractivity contribution is 5.34. The molecule has 0 radical (unpaired) electrons. The van der Waals surface area contributed by atoms with Crippen LogP contribution in [0.2, 0.25) is 0 Å². The summed E-state index contributed by atoms with van der Waals surface area (Å²) in [6, 6.07) is -0.743. The molecule has 114 valence electrons. The molecule has 1 aromatic rings. The molecule has 2 heterocycles. The van der Waals surface area contributed by atoms with Crippen LogP contribution in [-0.4, -0.2) is 40.5 Å². The number of aromatic nitrogens is 2. The number of rotatable bonds is 4. The van der Waals surface area contributed by atoms with Crippen molar-refractivity contribution in [1.29, 1.82) is 0 Å². The van der Waals surface area contributed by atoms with Crippen molar-refractivity contribution >= 4 is 5.69 Å². The number of ether oxygens (including phenoxy) is 2. The van der Waals surface area contributed by atoms with E-state index in [1.807, 2.05) is 0 Å². The van der Waals surface area contributed by atoms with Crippen LogP contribution >= 0.6 is 0 Å². The smallest absolute Gasteiger partial charge is 0.312 e. The van der Waals surface area contributed by atoms with Crippen LogP contribution < -0.4 is 0 Å². The third-order valence-corrected chi connectivity index (χ3v) is 3.43. The van der Waals surface area contributed by atoms with Crippen molar-refractivity contribution in [1.82, 2.24) is 9.78 Å². The summed E-state index contributed by atoms with van der Waals surface area (Å²) in [6.45, 7) is -0.172. The highest BCUT2D eigenvalue weighted by Gasteiger charge is 2.33. The Morgan fingerprint density at radius 3 is 3.24 bits per heavy atom. The van der Waals surface area contributed by atoms with Gasteiger partial charge in [-0.25, -0.2) is 0 Å². The van der Waals surface area contributed by atoms with Crippen LogP contribution in [0.5, 0.6) is 0 Å². The van der Waals surface area contributed by atoms with Crippen LogP contribution in [0.4, 0.5) is 5.69 Å². The standard InChI is InChI=1S/C11H16N6O4/c1-16-11(8(5-13-16)17(18)19)9-4-3-7(14-15-12)10(20-2)6-21-9/h5,7,9-10H,3-4,6H2,1-2H3/i2D3. The van der Waals surface area contributed by atoms with Gasteiger partial charge in [-0.15, -0.1) is 0 Å². The molecular weight excluding hydrogens is 280 g/mol.